The van der Waals surface area contributed by atoms with Gasteiger partial charge in [-0.25, -0.2) is 0 Å². The van der Waals surface area contributed by atoms with E-state index in [0.29, 0.717) is 45.9 Å². The first-order chi connectivity index (χ1) is 12.0. The summed E-state index contributed by atoms with van der Waals surface area (Å²) in [5.41, 5.74) is 2.94. The summed E-state index contributed by atoms with van der Waals surface area (Å²) < 4.78 is 5.32. The Morgan fingerprint density at radius 1 is 0.880 bits per heavy atom. The van der Waals surface area contributed by atoms with Crippen molar-refractivity contribution in [3.8, 4) is 0 Å². The molecule has 2 aliphatic heterocycles. The van der Waals surface area contributed by atoms with E-state index < -0.39 is 0 Å². The first-order valence-electron chi connectivity index (χ1n) is 8.98. The number of hydrogen-bond acceptors (Lipinski definition) is 4. The molecule has 1 aromatic carbocycles. The first kappa shape index (κ1) is 17.9. The highest BCUT2D eigenvalue weighted by Crippen LogP contribution is 2.13. The molecule has 25 heavy (non-hydrogen) atoms. The number of carbonyl (C=O) groups excluding carboxylic acids is 2. The van der Waals surface area contributed by atoms with Crippen molar-refractivity contribution < 1.29 is 14.3 Å². The van der Waals surface area contributed by atoms with Gasteiger partial charge in [0.15, 0.2) is 0 Å². The summed E-state index contributed by atoms with van der Waals surface area (Å²) >= 11 is 0. The Kier molecular flexibility index (Phi) is 5.71. The lowest BCUT2D eigenvalue weighted by Crippen LogP contribution is -2.53. The van der Waals surface area contributed by atoms with E-state index >= 15 is 0 Å². The molecular weight excluding hydrogens is 318 g/mol. The van der Waals surface area contributed by atoms with Gasteiger partial charge in [0.1, 0.15) is 0 Å². The summed E-state index contributed by atoms with van der Waals surface area (Å²) in [4.78, 5) is 31.0. The lowest BCUT2D eigenvalue weighted by Gasteiger charge is -2.36. The van der Waals surface area contributed by atoms with Crippen LogP contribution in [-0.2, 0) is 9.53 Å². The van der Waals surface area contributed by atoms with Gasteiger partial charge >= 0.3 is 0 Å². The zero-order valence-electron chi connectivity index (χ0n) is 15.2. The maximum atomic E-state index is 12.7. The monoisotopic (exact) mass is 345 g/mol. The Balaban J connectivity index is 1.52. The summed E-state index contributed by atoms with van der Waals surface area (Å²) in [6.07, 6.45) is 0. The average Bonchev–Trinajstić information content (AvgIpc) is 2.61. The highest BCUT2D eigenvalue weighted by molar-refractivity contribution is 5.94. The summed E-state index contributed by atoms with van der Waals surface area (Å²) in [6, 6.07) is 5.94. The molecular formula is C19H27N3O3. The first-order valence-corrected chi connectivity index (χ1v) is 8.98. The molecule has 0 radical (unpaired) electrons. The van der Waals surface area contributed by atoms with Crippen LogP contribution < -0.4 is 0 Å². The lowest BCUT2D eigenvalue weighted by atomic mass is 10.1. The second-order valence-electron chi connectivity index (χ2n) is 6.94. The second kappa shape index (κ2) is 7.97. The van der Waals surface area contributed by atoms with E-state index in [-0.39, 0.29) is 11.8 Å². The van der Waals surface area contributed by atoms with E-state index in [1.807, 2.05) is 35.8 Å². The van der Waals surface area contributed by atoms with Gasteiger partial charge in [0, 0.05) is 44.8 Å². The van der Waals surface area contributed by atoms with Crippen LogP contribution in [0.25, 0.3) is 0 Å². The molecule has 0 bridgehead atoms. The topological polar surface area (TPSA) is 53.1 Å². The molecule has 0 atom stereocenters. The smallest absolute Gasteiger partial charge is 0.253 e. The molecule has 2 aliphatic rings. The van der Waals surface area contributed by atoms with Gasteiger partial charge in [0.25, 0.3) is 5.91 Å². The van der Waals surface area contributed by atoms with E-state index in [1.165, 1.54) is 0 Å². The van der Waals surface area contributed by atoms with Gasteiger partial charge in [-0.15, -0.1) is 0 Å². The number of ether oxygens (including phenoxy) is 1. The fourth-order valence-corrected chi connectivity index (χ4v) is 3.49. The van der Waals surface area contributed by atoms with Crippen LogP contribution in [0.4, 0.5) is 0 Å². The number of rotatable bonds is 3. The molecule has 3 rings (SSSR count). The minimum atomic E-state index is 0.0621. The van der Waals surface area contributed by atoms with Gasteiger partial charge in [-0.3, -0.25) is 14.5 Å². The summed E-state index contributed by atoms with van der Waals surface area (Å²) in [6.45, 7) is 9.91. The number of carbonyl (C=O) groups is 2. The van der Waals surface area contributed by atoms with E-state index in [9.17, 15) is 9.59 Å². The number of morpholine rings is 1. The van der Waals surface area contributed by atoms with Crippen molar-refractivity contribution >= 4 is 11.8 Å². The van der Waals surface area contributed by atoms with E-state index in [2.05, 4.69) is 11.0 Å². The summed E-state index contributed by atoms with van der Waals surface area (Å²) in [5.74, 6) is 0.215. The third-order valence-electron chi connectivity index (χ3n) is 4.85. The Hall–Kier alpha value is -1.92. The fourth-order valence-electron chi connectivity index (χ4n) is 3.49. The number of hydrogen-bond donors (Lipinski definition) is 0. The van der Waals surface area contributed by atoms with Crippen LogP contribution in [0.2, 0.25) is 0 Å². The lowest BCUT2D eigenvalue weighted by molar-refractivity contribution is -0.134. The number of nitrogens with zero attached hydrogens (tertiary/aromatic N) is 3. The second-order valence-corrected chi connectivity index (χ2v) is 6.94. The van der Waals surface area contributed by atoms with Gasteiger partial charge in [-0.1, -0.05) is 17.2 Å². The fraction of sp³-hybridized carbons (Fsp3) is 0.579. The molecule has 0 aliphatic carbocycles. The number of piperazine rings is 1. The molecule has 6 nitrogen and oxygen atoms in total. The molecule has 1 aromatic rings. The van der Waals surface area contributed by atoms with Crippen LogP contribution in [0, 0.1) is 13.8 Å². The maximum Gasteiger partial charge on any atom is 0.253 e. The van der Waals surface area contributed by atoms with Crippen molar-refractivity contribution in [3.05, 3.63) is 34.9 Å². The Labute approximate surface area is 149 Å². The van der Waals surface area contributed by atoms with Crippen LogP contribution in [-0.4, -0.2) is 85.5 Å². The van der Waals surface area contributed by atoms with Gasteiger partial charge < -0.3 is 14.5 Å². The molecule has 6 heteroatoms. The molecule has 2 heterocycles. The van der Waals surface area contributed by atoms with E-state index in [1.54, 1.807) is 0 Å². The van der Waals surface area contributed by atoms with Crippen molar-refractivity contribution in [1.82, 2.24) is 14.7 Å². The summed E-state index contributed by atoms with van der Waals surface area (Å²) in [5, 5.41) is 0. The van der Waals surface area contributed by atoms with Gasteiger partial charge in [-0.05, 0) is 26.0 Å². The van der Waals surface area contributed by atoms with Gasteiger partial charge in [0.2, 0.25) is 5.91 Å². The van der Waals surface area contributed by atoms with Crippen molar-refractivity contribution in [2.24, 2.45) is 0 Å². The molecule has 0 saturated carbocycles. The Bertz CT molecular complexity index is 613. The summed E-state index contributed by atoms with van der Waals surface area (Å²) in [7, 11) is 0. The third kappa shape index (κ3) is 4.58. The number of benzene rings is 1. The van der Waals surface area contributed by atoms with Crippen LogP contribution in [0.1, 0.15) is 21.5 Å². The van der Waals surface area contributed by atoms with E-state index in [0.717, 1.165) is 29.8 Å². The van der Waals surface area contributed by atoms with E-state index in [4.69, 9.17) is 4.74 Å². The number of aryl methyl sites for hydroxylation is 2. The molecule has 0 N–H and O–H groups in total. The highest BCUT2D eigenvalue weighted by atomic mass is 16.5. The predicted octanol–water partition coefficient (Wildman–Crippen LogP) is 0.920. The largest absolute Gasteiger partial charge is 0.379 e. The molecule has 0 aromatic heterocycles. The normalized spacial score (nSPS) is 19.1. The highest BCUT2D eigenvalue weighted by Gasteiger charge is 2.26. The van der Waals surface area contributed by atoms with Crippen LogP contribution in [0.3, 0.4) is 0 Å². The van der Waals surface area contributed by atoms with Crippen molar-refractivity contribution in [1.29, 1.82) is 0 Å². The SMILES string of the molecule is Cc1cc(C)cc(C(=O)N2CCN(C(=O)CN3CCOCC3)CC2)c1. The molecule has 2 fully saturated rings. The third-order valence-corrected chi connectivity index (χ3v) is 4.85. The van der Waals surface area contributed by atoms with Crippen LogP contribution in [0.15, 0.2) is 18.2 Å². The zero-order valence-corrected chi connectivity index (χ0v) is 15.2. The molecule has 0 unspecified atom stereocenters. The molecule has 2 amide bonds. The van der Waals surface area contributed by atoms with Crippen molar-refractivity contribution in [2.45, 2.75) is 13.8 Å². The number of amides is 2. The standard InChI is InChI=1S/C19H27N3O3/c1-15-11-16(2)13-17(12-15)19(24)22-5-3-21(4-6-22)18(23)14-20-7-9-25-10-8-20/h11-13H,3-10,14H2,1-2H3. The molecule has 0 spiro atoms. The molecule has 2 saturated heterocycles. The minimum absolute atomic E-state index is 0.0621. The maximum absolute atomic E-state index is 12.7. The van der Waals surface area contributed by atoms with Crippen LogP contribution in [0.5, 0.6) is 0 Å². The Morgan fingerprint density at radius 3 is 2.04 bits per heavy atom. The molecule has 136 valence electrons. The van der Waals surface area contributed by atoms with Crippen molar-refractivity contribution in [3.63, 3.8) is 0 Å². The van der Waals surface area contributed by atoms with Gasteiger partial charge in [-0.2, -0.15) is 0 Å². The predicted molar refractivity (Wildman–Crippen MR) is 95.7 cm³/mol. The van der Waals surface area contributed by atoms with Crippen LogP contribution >= 0.6 is 0 Å². The van der Waals surface area contributed by atoms with Crippen molar-refractivity contribution in [2.75, 3.05) is 59.0 Å². The Morgan fingerprint density at radius 2 is 1.44 bits per heavy atom. The minimum Gasteiger partial charge on any atom is -0.379 e. The average molecular weight is 345 g/mol. The zero-order chi connectivity index (χ0) is 17.8. The quantitative estimate of drug-likeness (QED) is 0.818. The van der Waals surface area contributed by atoms with Gasteiger partial charge in [0.05, 0.1) is 19.8 Å².